The van der Waals surface area contributed by atoms with E-state index in [9.17, 15) is 0 Å². The summed E-state index contributed by atoms with van der Waals surface area (Å²) in [5.41, 5.74) is 10.7. The van der Waals surface area contributed by atoms with E-state index in [1.165, 1.54) is 33.1 Å². The molecule has 0 amide bonds. The monoisotopic (exact) mass is 424 g/mol. The first kappa shape index (κ1) is 25.1. The van der Waals surface area contributed by atoms with Gasteiger partial charge in [0.25, 0.3) is 0 Å². The Balaban J connectivity index is 3.26. The topological polar surface area (TPSA) is 0 Å². The van der Waals surface area contributed by atoms with Crippen molar-refractivity contribution in [2.75, 3.05) is 0 Å². The normalized spacial score (nSPS) is 13.1. The van der Waals surface area contributed by atoms with Crippen molar-refractivity contribution >= 4 is 14.5 Å². The summed E-state index contributed by atoms with van der Waals surface area (Å²) in [5, 5.41) is 1.42. The molecule has 1 unspecified atom stereocenters. The molecule has 0 radical (unpaired) electrons. The lowest BCUT2D eigenvalue weighted by Crippen LogP contribution is -2.27. The molecule has 0 aliphatic carbocycles. The van der Waals surface area contributed by atoms with Crippen molar-refractivity contribution in [3.63, 3.8) is 0 Å². The Labute approximate surface area is 189 Å². The highest BCUT2D eigenvalue weighted by molar-refractivity contribution is 7.27. The van der Waals surface area contributed by atoms with E-state index >= 15 is 0 Å². The van der Waals surface area contributed by atoms with Crippen LogP contribution in [0.5, 0.6) is 0 Å². The lowest BCUT2D eigenvalue weighted by molar-refractivity contribution is 0.564. The van der Waals surface area contributed by atoms with Gasteiger partial charge in [0, 0.05) is 0 Å². The van der Waals surface area contributed by atoms with Crippen molar-refractivity contribution in [2.45, 2.75) is 112 Å². The van der Waals surface area contributed by atoms with E-state index in [2.05, 4.69) is 117 Å². The molecule has 166 valence electrons. The molecule has 0 N–H and O–H groups in total. The third-order valence-corrected chi connectivity index (χ3v) is 6.77. The van der Waals surface area contributed by atoms with Crippen LogP contribution in [0.15, 0.2) is 24.3 Å². The van der Waals surface area contributed by atoms with Gasteiger partial charge in [0.05, 0.1) is 0 Å². The first-order valence-electron chi connectivity index (χ1n) is 11.7. The van der Waals surface area contributed by atoms with Crippen LogP contribution in [0.25, 0.3) is 11.1 Å². The van der Waals surface area contributed by atoms with Crippen LogP contribution in [0, 0.1) is 0 Å². The van der Waals surface area contributed by atoms with E-state index < -0.39 is 0 Å². The predicted octanol–water partition coefficient (Wildman–Crippen LogP) is 8.82. The molecular weight excluding hydrogens is 379 g/mol. The minimum Gasteiger partial charge on any atom is -0.105 e. The molecule has 30 heavy (non-hydrogen) atoms. The van der Waals surface area contributed by atoms with Gasteiger partial charge in [-0.15, -0.1) is 9.24 Å². The zero-order valence-electron chi connectivity index (χ0n) is 21.6. The molecule has 1 heteroatoms. The second-order valence-electron chi connectivity index (χ2n) is 11.9. The SMILES string of the molecule is CC(C)c1c(P)c(C(C)C)c(C(C)(C)C)c(C(C)C)c1-c1ccccc1C(C)(C)C. The molecule has 0 aliphatic heterocycles. The average Bonchev–Trinajstić information content (AvgIpc) is 2.57. The van der Waals surface area contributed by atoms with E-state index in [4.69, 9.17) is 0 Å². The highest BCUT2D eigenvalue weighted by Gasteiger charge is 2.33. The summed E-state index contributed by atoms with van der Waals surface area (Å²) in [6.07, 6.45) is 0. The smallest absolute Gasteiger partial charge is 0.0102 e. The molecule has 0 saturated heterocycles. The van der Waals surface area contributed by atoms with Gasteiger partial charge < -0.3 is 0 Å². The fourth-order valence-corrected chi connectivity index (χ4v) is 6.01. The largest absolute Gasteiger partial charge is 0.105 e. The fourth-order valence-electron chi connectivity index (χ4n) is 5.06. The lowest BCUT2D eigenvalue weighted by Gasteiger charge is -2.37. The zero-order valence-corrected chi connectivity index (χ0v) is 22.8. The Morgan fingerprint density at radius 2 is 1.10 bits per heavy atom. The van der Waals surface area contributed by atoms with Crippen molar-refractivity contribution < 1.29 is 0 Å². The predicted molar refractivity (Wildman–Crippen MR) is 141 cm³/mol. The Hall–Kier alpha value is -1.13. The van der Waals surface area contributed by atoms with Gasteiger partial charge in [-0.05, 0) is 72.8 Å². The molecule has 1 atom stereocenters. The first-order chi connectivity index (χ1) is 13.6. The molecule has 0 spiro atoms. The zero-order chi connectivity index (χ0) is 23.2. The van der Waals surface area contributed by atoms with Crippen LogP contribution < -0.4 is 5.30 Å². The summed E-state index contributed by atoms with van der Waals surface area (Å²) in [5.74, 6) is 1.42. The maximum Gasteiger partial charge on any atom is -0.0102 e. The Morgan fingerprint density at radius 1 is 0.633 bits per heavy atom. The summed E-state index contributed by atoms with van der Waals surface area (Å²) in [6, 6.07) is 9.11. The summed E-state index contributed by atoms with van der Waals surface area (Å²) in [6.45, 7) is 28.4. The molecule has 0 aliphatic rings. The molecule has 0 saturated carbocycles. The van der Waals surface area contributed by atoms with Gasteiger partial charge in [0.2, 0.25) is 0 Å². The molecular formula is C29H45P. The summed E-state index contributed by atoms with van der Waals surface area (Å²) >= 11 is 0. The van der Waals surface area contributed by atoms with Crippen molar-refractivity contribution in [1.29, 1.82) is 0 Å². The Morgan fingerprint density at radius 3 is 1.50 bits per heavy atom. The molecule has 0 bridgehead atoms. The molecule has 0 fully saturated rings. The summed E-state index contributed by atoms with van der Waals surface area (Å²) in [7, 11) is 3.16. The maximum absolute atomic E-state index is 3.16. The van der Waals surface area contributed by atoms with Gasteiger partial charge >= 0.3 is 0 Å². The number of hydrogen-bond acceptors (Lipinski definition) is 0. The quantitative estimate of drug-likeness (QED) is 0.430. The van der Waals surface area contributed by atoms with Gasteiger partial charge in [-0.3, -0.25) is 0 Å². The first-order valence-corrected chi connectivity index (χ1v) is 12.3. The number of hydrogen-bond donors (Lipinski definition) is 0. The molecule has 2 aromatic carbocycles. The van der Waals surface area contributed by atoms with Gasteiger partial charge in [0.1, 0.15) is 0 Å². The third kappa shape index (κ3) is 4.70. The highest BCUT2D eigenvalue weighted by atomic mass is 31.0. The van der Waals surface area contributed by atoms with Crippen molar-refractivity contribution in [3.05, 3.63) is 52.1 Å². The fraction of sp³-hybridized carbons (Fsp3) is 0.586. The van der Waals surface area contributed by atoms with E-state index in [0.717, 1.165) is 0 Å². The van der Waals surface area contributed by atoms with E-state index in [-0.39, 0.29) is 10.8 Å². The molecule has 2 rings (SSSR count). The van der Waals surface area contributed by atoms with Crippen molar-refractivity contribution in [3.8, 4) is 11.1 Å². The second-order valence-corrected chi connectivity index (χ2v) is 12.5. The minimum absolute atomic E-state index is 0.0888. The van der Waals surface area contributed by atoms with Crippen molar-refractivity contribution in [2.24, 2.45) is 0 Å². The van der Waals surface area contributed by atoms with Crippen LogP contribution in [0.4, 0.5) is 0 Å². The van der Waals surface area contributed by atoms with Gasteiger partial charge in [0.15, 0.2) is 0 Å². The minimum atomic E-state index is 0.0888. The van der Waals surface area contributed by atoms with E-state index in [0.29, 0.717) is 17.8 Å². The van der Waals surface area contributed by atoms with Crippen LogP contribution in [-0.4, -0.2) is 0 Å². The lowest BCUT2D eigenvalue weighted by atomic mass is 9.69. The Kier molecular flexibility index (Phi) is 7.36. The average molecular weight is 425 g/mol. The molecule has 0 nitrogen and oxygen atoms in total. The van der Waals surface area contributed by atoms with Gasteiger partial charge in [-0.1, -0.05) is 107 Å². The van der Waals surface area contributed by atoms with Gasteiger partial charge in [-0.25, -0.2) is 0 Å². The van der Waals surface area contributed by atoms with Crippen LogP contribution in [0.2, 0.25) is 0 Å². The van der Waals surface area contributed by atoms with Crippen molar-refractivity contribution in [1.82, 2.24) is 0 Å². The highest BCUT2D eigenvalue weighted by Crippen LogP contribution is 2.47. The van der Waals surface area contributed by atoms with Crippen LogP contribution >= 0.6 is 9.24 Å². The van der Waals surface area contributed by atoms with Crippen LogP contribution in [-0.2, 0) is 10.8 Å². The molecule has 0 heterocycles. The second kappa shape index (κ2) is 8.78. The standard InChI is InChI=1S/C29H45P/c1-17(2)22-25(20-15-13-14-16-21(20)28(7,8)9)23(18(3)4)27(30)24(19(5)6)26(22)29(10,11)12/h13-19H,30H2,1-12H3. The van der Waals surface area contributed by atoms with E-state index in [1.54, 1.807) is 11.1 Å². The third-order valence-electron chi connectivity index (χ3n) is 6.14. The summed E-state index contributed by atoms with van der Waals surface area (Å²) in [4.78, 5) is 0. The van der Waals surface area contributed by atoms with Gasteiger partial charge in [-0.2, -0.15) is 0 Å². The van der Waals surface area contributed by atoms with Crippen LogP contribution in [0.1, 0.15) is 129 Å². The number of benzene rings is 2. The molecule has 2 aromatic rings. The molecule has 0 aromatic heterocycles. The maximum atomic E-state index is 3.16. The number of rotatable bonds is 4. The van der Waals surface area contributed by atoms with Crippen LogP contribution in [0.3, 0.4) is 0 Å². The summed E-state index contributed by atoms with van der Waals surface area (Å²) < 4.78 is 0. The van der Waals surface area contributed by atoms with E-state index in [1.807, 2.05) is 0 Å². The Bertz CT molecular complexity index is 899.